The van der Waals surface area contributed by atoms with Crippen LogP contribution in [0.3, 0.4) is 0 Å². The number of nitrogens with zero attached hydrogens (tertiary/aromatic N) is 1. The van der Waals surface area contributed by atoms with Crippen molar-refractivity contribution in [1.29, 1.82) is 0 Å². The van der Waals surface area contributed by atoms with E-state index in [1.54, 1.807) is 18.3 Å². The summed E-state index contributed by atoms with van der Waals surface area (Å²) in [5.41, 5.74) is 0.581. The van der Waals surface area contributed by atoms with Crippen molar-refractivity contribution in [3.63, 3.8) is 0 Å². The summed E-state index contributed by atoms with van der Waals surface area (Å²) in [5, 5.41) is 21.9. The number of hydrogen-bond acceptors (Lipinski definition) is 5. The Bertz CT molecular complexity index is 1230. The second-order valence-corrected chi connectivity index (χ2v) is 9.03. The zero-order valence-electron chi connectivity index (χ0n) is 16.5. The van der Waals surface area contributed by atoms with Gasteiger partial charge in [-0.05, 0) is 25.1 Å². The van der Waals surface area contributed by atoms with Gasteiger partial charge < -0.3 is 19.8 Å². The van der Waals surface area contributed by atoms with Gasteiger partial charge in [-0.2, -0.15) is 0 Å². The molecule has 2 aliphatic heterocycles. The van der Waals surface area contributed by atoms with Gasteiger partial charge in [-0.3, -0.25) is 4.79 Å². The monoisotopic (exact) mass is 423 g/mol. The van der Waals surface area contributed by atoms with Gasteiger partial charge in [-0.25, -0.2) is 4.79 Å². The highest BCUT2D eigenvalue weighted by Gasteiger charge is 2.59. The van der Waals surface area contributed by atoms with E-state index in [9.17, 15) is 19.8 Å². The van der Waals surface area contributed by atoms with Crippen molar-refractivity contribution in [2.75, 3.05) is 6.61 Å². The molecule has 4 atom stereocenters. The van der Waals surface area contributed by atoms with Crippen molar-refractivity contribution in [2.24, 2.45) is 11.8 Å². The van der Waals surface area contributed by atoms with Crippen LogP contribution < -0.4 is 4.74 Å². The van der Waals surface area contributed by atoms with Crippen LogP contribution in [0.25, 0.3) is 20.2 Å². The molecule has 30 heavy (non-hydrogen) atoms. The molecule has 0 bridgehead atoms. The quantitative estimate of drug-likeness (QED) is 0.612. The third kappa shape index (κ3) is 2.58. The fraction of sp³-hybridized carbons (Fsp3) is 0.304. The van der Waals surface area contributed by atoms with Crippen LogP contribution in [-0.2, 0) is 9.59 Å². The van der Waals surface area contributed by atoms with E-state index in [4.69, 9.17) is 4.74 Å². The normalized spacial score (nSPS) is 24.3. The average molecular weight is 423 g/mol. The highest BCUT2D eigenvalue weighted by molar-refractivity contribution is 7.25. The summed E-state index contributed by atoms with van der Waals surface area (Å²) in [6, 6.07) is 13.6. The molecule has 3 aromatic rings. The summed E-state index contributed by atoms with van der Waals surface area (Å²) in [6.45, 7) is 3.55. The first-order chi connectivity index (χ1) is 14.4. The Morgan fingerprint density at radius 1 is 1.20 bits per heavy atom. The minimum absolute atomic E-state index is 0.00301. The molecule has 154 valence electrons. The number of carboxylic acids is 1. The van der Waals surface area contributed by atoms with Gasteiger partial charge >= 0.3 is 5.97 Å². The predicted octanol–water partition coefficient (Wildman–Crippen LogP) is 3.63. The Kier molecular flexibility index (Phi) is 4.34. The van der Waals surface area contributed by atoms with Crippen LogP contribution in [0, 0.1) is 11.8 Å². The number of rotatable bonds is 5. The number of aliphatic hydroxyl groups is 1. The largest absolute Gasteiger partial charge is 0.488 e. The van der Waals surface area contributed by atoms with Crippen molar-refractivity contribution < 1.29 is 24.5 Å². The van der Waals surface area contributed by atoms with E-state index in [1.807, 2.05) is 37.3 Å². The molecule has 2 aromatic carbocycles. The summed E-state index contributed by atoms with van der Waals surface area (Å²) in [7, 11) is 0. The maximum Gasteiger partial charge on any atom is 0.352 e. The lowest BCUT2D eigenvalue weighted by molar-refractivity contribution is -0.163. The number of fused-ring (bicyclic) bond motifs is 4. The van der Waals surface area contributed by atoms with Crippen LogP contribution >= 0.6 is 11.3 Å². The van der Waals surface area contributed by atoms with Crippen molar-refractivity contribution in [1.82, 2.24) is 4.90 Å². The molecule has 0 radical (unpaired) electrons. The lowest BCUT2D eigenvalue weighted by Gasteiger charge is -2.46. The van der Waals surface area contributed by atoms with Gasteiger partial charge in [0.1, 0.15) is 18.1 Å². The first-order valence-corrected chi connectivity index (χ1v) is 10.7. The first-order valence-electron chi connectivity index (χ1n) is 9.90. The Balaban J connectivity index is 1.51. The van der Waals surface area contributed by atoms with Crippen LogP contribution in [0.15, 0.2) is 53.7 Å². The van der Waals surface area contributed by atoms with Crippen LogP contribution in [0.4, 0.5) is 0 Å². The smallest absolute Gasteiger partial charge is 0.352 e. The number of ether oxygens (including phenoxy) is 1. The molecule has 1 aromatic heterocycles. The number of carbonyl (C=O) groups is 2. The van der Waals surface area contributed by atoms with E-state index in [0.29, 0.717) is 11.3 Å². The van der Waals surface area contributed by atoms with Crippen LogP contribution in [0.5, 0.6) is 5.75 Å². The Labute approximate surface area is 177 Å². The number of aliphatic hydroxyl groups excluding tert-OH is 1. The highest BCUT2D eigenvalue weighted by atomic mass is 32.1. The highest BCUT2D eigenvalue weighted by Crippen LogP contribution is 2.47. The third-order valence-corrected chi connectivity index (χ3v) is 7.40. The average Bonchev–Trinajstić information content (AvgIpc) is 3.20. The lowest BCUT2D eigenvalue weighted by atomic mass is 9.78. The number of aliphatic carboxylic acids is 1. The van der Waals surface area contributed by atoms with E-state index in [2.05, 4.69) is 12.1 Å². The van der Waals surface area contributed by atoms with Gasteiger partial charge in [-0.15, -0.1) is 11.3 Å². The number of amides is 1. The standard InChI is InChI=1S/C23H21NO5S/c1-11-14(21(23(27)28)24-20(11)18(12(2)25)22(24)26)10-29-15-7-5-9-17-19(15)13-6-3-4-8-16(13)30-17/h3-9,11-12,18,20,25H,10H2,1-2H3,(H,27,28)/t11-,12?,18?,20?/m0/s1. The maximum absolute atomic E-state index is 12.5. The number of carboxylic acid groups (broad SMARTS) is 1. The van der Waals surface area contributed by atoms with E-state index in [0.717, 1.165) is 20.2 Å². The zero-order chi connectivity index (χ0) is 21.2. The number of carbonyl (C=O) groups excluding carboxylic acids is 1. The molecule has 7 heteroatoms. The molecule has 3 unspecified atom stereocenters. The van der Waals surface area contributed by atoms with Crippen molar-refractivity contribution in [3.8, 4) is 5.75 Å². The van der Waals surface area contributed by atoms with E-state index in [-0.39, 0.29) is 30.2 Å². The topological polar surface area (TPSA) is 87.1 Å². The minimum Gasteiger partial charge on any atom is -0.488 e. The molecule has 1 amide bonds. The second-order valence-electron chi connectivity index (χ2n) is 7.95. The summed E-state index contributed by atoms with van der Waals surface area (Å²) in [6.07, 6.45) is -0.817. The van der Waals surface area contributed by atoms with Crippen molar-refractivity contribution in [3.05, 3.63) is 53.7 Å². The molecule has 6 nitrogen and oxygen atoms in total. The Morgan fingerprint density at radius 2 is 1.93 bits per heavy atom. The zero-order valence-corrected chi connectivity index (χ0v) is 17.3. The molecule has 2 N–H and O–H groups in total. The van der Waals surface area contributed by atoms with Gasteiger partial charge in [0, 0.05) is 31.7 Å². The molecule has 0 saturated carbocycles. The van der Waals surface area contributed by atoms with Crippen molar-refractivity contribution in [2.45, 2.75) is 26.0 Å². The summed E-state index contributed by atoms with van der Waals surface area (Å²) >= 11 is 1.69. The van der Waals surface area contributed by atoms with Gasteiger partial charge in [-0.1, -0.05) is 31.2 Å². The van der Waals surface area contributed by atoms with Crippen LogP contribution in [0.2, 0.25) is 0 Å². The Hall–Kier alpha value is -2.90. The van der Waals surface area contributed by atoms with Crippen molar-refractivity contribution >= 4 is 43.4 Å². The molecule has 5 rings (SSSR count). The maximum atomic E-state index is 12.5. The summed E-state index contributed by atoms with van der Waals surface area (Å²) in [5.74, 6) is -1.55. The molecular formula is C23H21NO5S. The van der Waals surface area contributed by atoms with Gasteiger partial charge in [0.15, 0.2) is 0 Å². The van der Waals surface area contributed by atoms with Gasteiger partial charge in [0.05, 0.1) is 18.1 Å². The molecule has 2 aliphatic rings. The van der Waals surface area contributed by atoms with E-state index < -0.39 is 18.0 Å². The predicted molar refractivity (Wildman–Crippen MR) is 114 cm³/mol. The summed E-state index contributed by atoms with van der Waals surface area (Å²) < 4.78 is 8.43. The summed E-state index contributed by atoms with van der Waals surface area (Å²) in [4.78, 5) is 25.8. The number of benzene rings is 2. The molecule has 0 spiro atoms. The molecule has 1 fully saturated rings. The molecule has 1 saturated heterocycles. The number of hydrogen-bond donors (Lipinski definition) is 2. The number of thiophene rings is 1. The van der Waals surface area contributed by atoms with E-state index >= 15 is 0 Å². The van der Waals surface area contributed by atoms with Gasteiger partial charge in [0.25, 0.3) is 0 Å². The molecule has 0 aliphatic carbocycles. The van der Waals surface area contributed by atoms with Gasteiger partial charge in [0.2, 0.25) is 5.91 Å². The SMILES string of the molecule is CC(O)C1C(=O)N2C(C(=O)O)=C(COc3cccc4sc5ccccc5c34)[C@H](C)C12. The third-order valence-electron chi connectivity index (χ3n) is 6.27. The Morgan fingerprint density at radius 3 is 2.67 bits per heavy atom. The minimum atomic E-state index is -1.14. The molecular weight excluding hydrogens is 402 g/mol. The lowest BCUT2D eigenvalue weighted by Crippen LogP contribution is -2.63. The fourth-order valence-corrected chi connectivity index (χ4v) is 5.98. The van der Waals surface area contributed by atoms with E-state index in [1.165, 1.54) is 4.90 Å². The fourth-order valence-electron chi connectivity index (χ4n) is 4.85. The second kappa shape index (κ2) is 6.82. The first kappa shape index (κ1) is 19.1. The van der Waals surface area contributed by atoms with Crippen LogP contribution in [-0.4, -0.2) is 45.7 Å². The number of β-lactam (4-membered cyclic amide) rings is 1. The van der Waals surface area contributed by atoms with Crippen LogP contribution in [0.1, 0.15) is 13.8 Å². The molecule has 3 heterocycles.